The number of hydrogen-bond acceptors (Lipinski definition) is 3. The summed E-state index contributed by atoms with van der Waals surface area (Å²) in [6.07, 6.45) is 1.86. The largest absolute Gasteiger partial charge is 0.461 e. The number of esters is 1. The molecule has 2 aromatic carbocycles. The molecule has 116 valence electrons. The van der Waals surface area contributed by atoms with Gasteiger partial charge in [0.15, 0.2) is 5.69 Å². The second kappa shape index (κ2) is 6.95. The SMILES string of the molecule is CCOC(=O)c1nn(-c2ccc(I)cc2)cc1-c1ccccc1. The second-order valence-electron chi connectivity index (χ2n) is 4.90. The van der Waals surface area contributed by atoms with Gasteiger partial charge in [0.2, 0.25) is 0 Å². The van der Waals surface area contributed by atoms with E-state index in [1.807, 2.05) is 60.8 Å². The Kier molecular flexibility index (Phi) is 4.76. The molecule has 0 aliphatic heterocycles. The summed E-state index contributed by atoms with van der Waals surface area (Å²) in [6.45, 7) is 2.11. The van der Waals surface area contributed by atoms with Crippen molar-refractivity contribution < 1.29 is 9.53 Å². The summed E-state index contributed by atoms with van der Waals surface area (Å²) in [5.74, 6) is -0.407. The summed E-state index contributed by atoms with van der Waals surface area (Å²) in [5, 5.41) is 4.44. The molecule has 3 rings (SSSR count). The Hall–Kier alpha value is -2.15. The van der Waals surface area contributed by atoms with Crippen molar-refractivity contribution in [1.29, 1.82) is 0 Å². The van der Waals surface area contributed by atoms with Gasteiger partial charge in [-0.25, -0.2) is 9.48 Å². The fourth-order valence-corrected chi connectivity index (χ4v) is 2.64. The summed E-state index contributed by atoms with van der Waals surface area (Å²) < 4.78 is 8.00. The van der Waals surface area contributed by atoms with Crippen molar-refractivity contribution in [2.75, 3.05) is 6.61 Å². The smallest absolute Gasteiger partial charge is 0.359 e. The van der Waals surface area contributed by atoms with Gasteiger partial charge >= 0.3 is 5.97 Å². The van der Waals surface area contributed by atoms with Crippen LogP contribution in [-0.4, -0.2) is 22.4 Å². The number of carbonyl (C=O) groups excluding carboxylic acids is 1. The minimum Gasteiger partial charge on any atom is -0.461 e. The van der Waals surface area contributed by atoms with Crippen molar-refractivity contribution in [3.05, 3.63) is 70.1 Å². The van der Waals surface area contributed by atoms with Crippen molar-refractivity contribution in [1.82, 2.24) is 9.78 Å². The first-order chi connectivity index (χ1) is 11.2. The maximum Gasteiger partial charge on any atom is 0.359 e. The molecule has 0 amide bonds. The highest BCUT2D eigenvalue weighted by atomic mass is 127. The Bertz CT molecular complexity index is 811. The number of nitrogens with zero attached hydrogens (tertiary/aromatic N) is 2. The quantitative estimate of drug-likeness (QED) is 0.468. The van der Waals surface area contributed by atoms with Gasteiger partial charge in [0.1, 0.15) is 0 Å². The highest BCUT2D eigenvalue weighted by molar-refractivity contribution is 14.1. The van der Waals surface area contributed by atoms with Crippen LogP contribution in [0.25, 0.3) is 16.8 Å². The van der Waals surface area contributed by atoms with Crippen LogP contribution in [0.3, 0.4) is 0 Å². The third-order valence-corrected chi connectivity index (χ3v) is 4.08. The van der Waals surface area contributed by atoms with Gasteiger partial charge in [-0.15, -0.1) is 0 Å². The number of ether oxygens (including phenoxy) is 1. The molecular weight excluding hydrogens is 403 g/mol. The van der Waals surface area contributed by atoms with Crippen LogP contribution < -0.4 is 0 Å². The topological polar surface area (TPSA) is 44.1 Å². The molecule has 23 heavy (non-hydrogen) atoms. The predicted octanol–water partition coefficient (Wildman–Crippen LogP) is 4.32. The molecule has 0 radical (unpaired) electrons. The number of rotatable bonds is 4. The van der Waals surface area contributed by atoms with Crippen LogP contribution in [0.5, 0.6) is 0 Å². The molecule has 4 nitrogen and oxygen atoms in total. The van der Waals surface area contributed by atoms with Gasteiger partial charge in [-0.3, -0.25) is 0 Å². The first kappa shape index (κ1) is 15.7. The van der Waals surface area contributed by atoms with Gasteiger partial charge in [-0.2, -0.15) is 5.10 Å². The van der Waals surface area contributed by atoms with Crippen LogP contribution in [0.2, 0.25) is 0 Å². The predicted molar refractivity (Wildman–Crippen MR) is 97.7 cm³/mol. The summed E-state index contributed by atoms with van der Waals surface area (Å²) in [4.78, 5) is 12.2. The maximum absolute atomic E-state index is 12.2. The van der Waals surface area contributed by atoms with E-state index in [1.165, 1.54) is 0 Å². The molecule has 0 saturated heterocycles. The first-order valence-electron chi connectivity index (χ1n) is 7.27. The minimum absolute atomic E-state index is 0.323. The Morgan fingerprint density at radius 3 is 2.48 bits per heavy atom. The minimum atomic E-state index is -0.407. The molecule has 0 spiro atoms. The molecule has 1 heterocycles. The zero-order valence-corrected chi connectivity index (χ0v) is 14.7. The van der Waals surface area contributed by atoms with Crippen molar-refractivity contribution >= 4 is 28.6 Å². The molecule has 5 heteroatoms. The lowest BCUT2D eigenvalue weighted by Crippen LogP contribution is -2.07. The Morgan fingerprint density at radius 1 is 1.13 bits per heavy atom. The fourth-order valence-electron chi connectivity index (χ4n) is 2.28. The molecule has 0 atom stereocenters. The molecule has 3 aromatic rings. The number of aromatic nitrogens is 2. The maximum atomic E-state index is 12.2. The van der Waals surface area contributed by atoms with Gasteiger partial charge in [0.05, 0.1) is 12.3 Å². The summed E-state index contributed by atoms with van der Waals surface area (Å²) in [5.41, 5.74) is 2.93. The van der Waals surface area contributed by atoms with E-state index in [2.05, 4.69) is 27.7 Å². The van der Waals surface area contributed by atoms with Crippen LogP contribution in [0.4, 0.5) is 0 Å². The Labute approximate surface area is 148 Å². The third kappa shape index (κ3) is 3.44. The lowest BCUT2D eigenvalue weighted by atomic mass is 10.1. The van der Waals surface area contributed by atoms with Gasteiger partial charge in [-0.05, 0) is 59.3 Å². The van der Waals surface area contributed by atoms with Crippen LogP contribution in [0.1, 0.15) is 17.4 Å². The van der Waals surface area contributed by atoms with E-state index in [9.17, 15) is 4.79 Å². The van der Waals surface area contributed by atoms with E-state index in [1.54, 1.807) is 11.6 Å². The van der Waals surface area contributed by atoms with E-state index < -0.39 is 5.97 Å². The first-order valence-corrected chi connectivity index (χ1v) is 8.35. The molecule has 0 aliphatic carbocycles. The summed E-state index contributed by atoms with van der Waals surface area (Å²) in [6, 6.07) is 17.7. The van der Waals surface area contributed by atoms with E-state index in [0.717, 1.165) is 20.4 Å². The number of benzene rings is 2. The van der Waals surface area contributed by atoms with E-state index in [-0.39, 0.29) is 0 Å². The molecule has 0 unspecified atom stereocenters. The number of hydrogen-bond donors (Lipinski definition) is 0. The van der Waals surface area contributed by atoms with Gasteiger partial charge < -0.3 is 4.74 Å². The molecule has 0 saturated carbocycles. The standard InChI is InChI=1S/C18H15IN2O2/c1-2-23-18(22)17-16(13-6-4-3-5-7-13)12-21(20-17)15-10-8-14(19)9-11-15/h3-12H,2H2,1H3. The molecular formula is C18H15IN2O2. The normalized spacial score (nSPS) is 10.5. The zero-order valence-electron chi connectivity index (χ0n) is 12.6. The van der Waals surface area contributed by atoms with Crippen molar-refractivity contribution in [2.45, 2.75) is 6.92 Å². The summed E-state index contributed by atoms with van der Waals surface area (Å²) >= 11 is 2.25. The Morgan fingerprint density at radius 2 is 1.83 bits per heavy atom. The highest BCUT2D eigenvalue weighted by Crippen LogP contribution is 2.25. The van der Waals surface area contributed by atoms with E-state index >= 15 is 0 Å². The second-order valence-corrected chi connectivity index (χ2v) is 6.14. The highest BCUT2D eigenvalue weighted by Gasteiger charge is 2.19. The molecule has 0 aliphatic rings. The van der Waals surface area contributed by atoms with Crippen molar-refractivity contribution in [2.24, 2.45) is 0 Å². The van der Waals surface area contributed by atoms with Gasteiger partial charge in [-0.1, -0.05) is 30.3 Å². The monoisotopic (exact) mass is 418 g/mol. The molecule has 1 aromatic heterocycles. The van der Waals surface area contributed by atoms with Crippen LogP contribution in [0, 0.1) is 3.57 Å². The van der Waals surface area contributed by atoms with E-state index in [0.29, 0.717) is 12.3 Å². The molecule has 0 N–H and O–H groups in total. The lowest BCUT2D eigenvalue weighted by molar-refractivity contribution is 0.0520. The fraction of sp³-hybridized carbons (Fsp3) is 0.111. The van der Waals surface area contributed by atoms with Crippen LogP contribution in [0.15, 0.2) is 60.8 Å². The number of halogens is 1. The van der Waals surface area contributed by atoms with Crippen molar-refractivity contribution in [3.63, 3.8) is 0 Å². The van der Waals surface area contributed by atoms with Crippen LogP contribution in [-0.2, 0) is 4.74 Å². The number of carbonyl (C=O) groups is 1. The zero-order chi connectivity index (χ0) is 16.2. The lowest BCUT2D eigenvalue weighted by Gasteiger charge is -2.01. The third-order valence-electron chi connectivity index (χ3n) is 3.36. The van der Waals surface area contributed by atoms with Gasteiger partial charge in [0.25, 0.3) is 0 Å². The van der Waals surface area contributed by atoms with Crippen LogP contribution >= 0.6 is 22.6 Å². The average molecular weight is 418 g/mol. The Balaban J connectivity index is 2.10. The summed E-state index contributed by atoms with van der Waals surface area (Å²) in [7, 11) is 0. The van der Waals surface area contributed by atoms with Crippen molar-refractivity contribution in [3.8, 4) is 16.8 Å². The van der Waals surface area contributed by atoms with E-state index in [4.69, 9.17) is 4.74 Å². The molecule has 0 fully saturated rings. The van der Waals surface area contributed by atoms with Gasteiger partial charge in [0, 0.05) is 15.3 Å². The molecule has 0 bridgehead atoms. The average Bonchev–Trinajstić information content (AvgIpc) is 3.02.